The van der Waals surface area contributed by atoms with Crippen molar-refractivity contribution >= 4 is 5.78 Å². The molecule has 3 nitrogen and oxygen atoms in total. The van der Waals surface area contributed by atoms with Crippen LogP contribution in [-0.2, 0) is 4.74 Å². The van der Waals surface area contributed by atoms with Gasteiger partial charge in [0.05, 0.1) is 12.2 Å². The number of ketones is 1. The lowest BCUT2D eigenvalue weighted by Gasteiger charge is -2.22. The average Bonchev–Trinajstić information content (AvgIpc) is 2.29. The topological polar surface area (TPSA) is 35.5 Å². The third kappa shape index (κ3) is 4.57. The monoisotopic (exact) mass is 236 g/mol. The van der Waals surface area contributed by atoms with Gasteiger partial charge in [0.1, 0.15) is 5.75 Å². The van der Waals surface area contributed by atoms with Gasteiger partial charge in [-0.25, -0.2) is 0 Å². The normalized spacial score (nSPS) is 11.3. The summed E-state index contributed by atoms with van der Waals surface area (Å²) in [5.74, 6) is 0.846. The van der Waals surface area contributed by atoms with Crippen LogP contribution in [0.3, 0.4) is 0 Å². The Kier molecular flexibility index (Phi) is 4.70. The number of carbonyl (C=O) groups excluding carboxylic acids is 1. The first-order valence-electron chi connectivity index (χ1n) is 5.73. The zero-order valence-electron chi connectivity index (χ0n) is 10.9. The van der Waals surface area contributed by atoms with Crippen LogP contribution in [0.5, 0.6) is 5.75 Å². The Morgan fingerprint density at radius 1 is 1.24 bits per heavy atom. The second-order valence-electron chi connectivity index (χ2n) is 4.64. The van der Waals surface area contributed by atoms with Crippen LogP contribution in [0.4, 0.5) is 0 Å². The highest BCUT2D eigenvalue weighted by atomic mass is 16.5. The van der Waals surface area contributed by atoms with Gasteiger partial charge in [-0.1, -0.05) is 0 Å². The summed E-state index contributed by atoms with van der Waals surface area (Å²) in [4.78, 5) is 11.1. The summed E-state index contributed by atoms with van der Waals surface area (Å²) in [7, 11) is 1.70. The minimum atomic E-state index is -0.167. The molecule has 0 aromatic heterocycles. The van der Waals surface area contributed by atoms with Crippen LogP contribution in [0.25, 0.3) is 0 Å². The summed E-state index contributed by atoms with van der Waals surface area (Å²) in [6, 6.07) is 7.19. The van der Waals surface area contributed by atoms with E-state index in [4.69, 9.17) is 9.47 Å². The molecule has 3 heteroatoms. The maximum absolute atomic E-state index is 11.1. The lowest BCUT2D eigenvalue weighted by Crippen LogP contribution is -2.25. The molecule has 0 aliphatic heterocycles. The van der Waals surface area contributed by atoms with Crippen molar-refractivity contribution in [2.24, 2.45) is 0 Å². The first-order valence-corrected chi connectivity index (χ1v) is 5.73. The summed E-state index contributed by atoms with van der Waals surface area (Å²) in [5.41, 5.74) is 0.536. The first kappa shape index (κ1) is 13.7. The Labute approximate surface area is 103 Å². The molecule has 0 atom stereocenters. The molecule has 0 saturated carbocycles. The highest BCUT2D eigenvalue weighted by molar-refractivity contribution is 5.94. The van der Waals surface area contributed by atoms with Gasteiger partial charge >= 0.3 is 0 Å². The van der Waals surface area contributed by atoms with Crippen molar-refractivity contribution in [1.29, 1.82) is 0 Å². The van der Waals surface area contributed by atoms with E-state index in [9.17, 15) is 4.79 Å². The van der Waals surface area contributed by atoms with Crippen molar-refractivity contribution in [2.75, 3.05) is 13.7 Å². The van der Waals surface area contributed by atoms with Crippen molar-refractivity contribution in [1.82, 2.24) is 0 Å². The maximum Gasteiger partial charge on any atom is 0.159 e. The van der Waals surface area contributed by atoms with Crippen molar-refractivity contribution in [3.05, 3.63) is 29.8 Å². The molecule has 17 heavy (non-hydrogen) atoms. The number of Topliss-reactive ketones (excluding diaryl/α,β-unsaturated/α-hetero) is 1. The highest BCUT2D eigenvalue weighted by Gasteiger charge is 2.15. The standard InChI is InChI=1S/C14H20O3/c1-11(15)12-5-7-13(8-6-12)17-10-9-14(2,3)16-4/h5-8H,9-10H2,1-4H3. The number of rotatable bonds is 6. The van der Waals surface area contributed by atoms with E-state index in [1.807, 2.05) is 26.0 Å². The number of benzene rings is 1. The molecule has 1 aromatic carbocycles. The van der Waals surface area contributed by atoms with E-state index in [1.165, 1.54) is 0 Å². The van der Waals surface area contributed by atoms with E-state index in [1.54, 1.807) is 26.2 Å². The number of methoxy groups -OCH3 is 1. The van der Waals surface area contributed by atoms with Crippen molar-refractivity contribution in [3.63, 3.8) is 0 Å². The van der Waals surface area contributed by atoms with Gasteiger partial charge in [-0.3, -0.25) is 4.79 Å². The molecule has 0 amide bonds. The maximum atomic E-state index is 11.1. The van der Waals surface area contributed by atoms with Crippen LogP contribution in [0, 0.1) is 0 Å². The van der Waals surface area contributed by atoms with Crippen molar-refractivity contribution in [2.45, 2.75) is 32.8 Å². The summed E-state index contributed by atoms with van der Waals surface area (Å²) in [6.07, 6.45) is 0.817. The fourth-order valence-corrected chi connectivity index (χ4v) is 1.30. The van der Waals surface area contributed by atoms with Gasteiger partial charge in [0.25, 0.3) is 0 Å². The van der Waals surface area contributed by atoms with Gasteiger partial charge in [0, 0.05) is 19.1 Å². The lowest BCUT2D eigenvalue weighted by atomic mass is 10.1. The van der Waals surface area contributed by atoms with E-state index in [2.05, 4.69) is 0 Å². The third-order valence-corrected chi connectivity index (χ3v) is 2.79. The van der Waals surface area contributed by atoms with Crippen molar-refractivity contribution < 1.29 is 14.3 Å². The lowest BCUT2D eigenvalue weighted by molar-refractivity contribution is 0.00546. The fraction of sp³-hybridized carbons (Fsp3) is 0.500. The average molecular weight is 236 g/mol. The summed E-state index contributed by atoms with van der Waals surface area (Å²) >= 11 is 0. The molecule has 0 aliphatic rings. The minimum Gasteiger partial charge on any atom is -0.493 e. The second kappa shape index (κ2) is 5.82. The van der Waals surface area contributed by atoms with E-state index >= 15 is 0 Å². The zero-order chi connectivity index (χ0) is 12.9. The Hall–Kier alpha value is -1.35. The van der Waals surface area contributed by atoms with Crippen LogP contribution < -0.4 is 4.74 Å². The predicted octanol–water partition coefficient (Wildman–Crippen LogP) is 3.08. The fourth-order valence-electron chi connectivity index (χ4n) is 1.30. The van der Waals surface area contributed by atoms with Crippen LogP contribution in [0.2, 0.25) is 0 Å². The molecule has 0 N–H and O–H groups in total. The highest BCUT2D eigenvalue weighted by Crippen LogP contribution is 2.16. The van der Waals surface area contributed by atoms with Crippen molar-refractivity contribution in [3.8, 4) is 5.75 Å². The molecule has 1 rings (SSSR count). The van der Waals surface area contributed by atoms with Crippen LogP contribution in [-0.4, -0.2) is 25.1 Å². The largest absolute Gasteiger partial charge is 0.493 e. The van der Waals surface area contributed by atoms with Gasteiger partial charge in [-0.05, 0) is 45.0 Å². The van der Waals surface area contributed by atoms with E-state index in [0.717, 1.165) is 12.2 Å². The quantitative estimate of drug-likeness (QED) is 0.712. The van der Waals surface area contributed by atoms with Gasteiger partial charge < -0.3 is 9.47 Å². The van der Waals surface area contributed by atoms with E-state index in [0.29, 0.717) is 12.2 Å². The van der Waals surface area contributed by atoms with Crippen LogP contribution >= 0.6 is 0 Å². The number of hydrogen-bond donors (Lipinski definition) is 0. The zero-order valence-corrected chi connectivity index (χ0v) is 10.9. The number of carbonyl (C=O) groups is 1. The second-order valence-corrected chi connectivity index (χ2v) is 4.64. The molecule has 0 heterocycles. The first-order chi connectivity index (χ1) is 7.94. The minimum absolute atomic E-state index is 0.0667. The molecule has 94 valence electrons. The molecular weight excluding hydrogens is 216 g/mol. The molecule has 0 unspecified atom stereocenters. The van der Waals surface area contributed by atoms with Crippen LogP contribution in [0.1, 0.15) is 37.6 Å². The summed E-state index contributed by atoms with van der Waals surface area (Å²) in [5, 5.41) is 0. The molecular formula is C14H20O3. The van der Waals surface area contributed by atoms with E-state index in [-0.39, 0.29) is 11.4 Å². The Bertz CT molecular complexity index is 366. The Balaban J connectivity index is 2.45. The molecule has 0 spiro atoms. The number of hydrogen-bond acceptors (Lipinski definition) is 3. The molecule has 0 bridgehead atoms. The van der Waals surface area contributed by atoms with E-state index < -0.39 is 0 Å². The van der Waals surface area contributed by atoms with Gasteiger partial charge in [0.2, 0.25) is 0 Å². The molecule has 0 fully saturated rings. The summed E-state index contributed by atoms with van der Waals surface area (Å²) < 4.78 is 10.9. The molecule has 0 aliphatic carbocycles. The van der Waals surface area contributed by atoms with Gasteiger partial charge in [0.15, 0.2) is 5.78 Å². The number of ether oxygens (including phenoxy) is 2. The summed E-state index contributed by atoms with van der Waals surface area (Å²) in [6.45, 7) is 6.20. The molecule has 1 aromatic rings. The SMILES string of the molecule is COC(C)(C)CCOc1ccc(C(C)=O)cc1. The smallest absolute Gasteiger partial charge is 0.159 e. The molecule has 0 radical (unpaired) electrons. The molecule has 0 saturated heterocycles. The Morgan fingerprint density at radius 3 is 2.29 bits per heavy atom. The Morgan fingerprint density at radius 2 is 1.82 bits per heavy atom. The predicted molar refractivity (Wildman–Crippen MR) is 67.6 cm³/mol. The van der Waals surface area contributed by atoms with Gasteiger partial charge in [-0.2, -0.15) is 0 Å². The van der Waals surface area contributed by atoms with Crippen LogP contribution in [0.15, 0.2) is 24.3 Å². The van der Waals surface area contributed by atoms with Gasteiger partial charge in [-0.15, -0.1) is 0 Å². The third-order valence-electron chi connectivity index (χ3n) is 2.79.